The van der Waals surface area contributed by atoms with Crippen LogP contribution in [0, 0.1) is 0 Å². The number of nitrogens with one attached hydrogen (secondary N) is 1. The Balaban J connectivity index is 1.45. The van der Waals surface area contributed by atoms with Gasteiger partial charge in [0.1, 0.15) is 34.9 Å². The van der Waals surface area contributed by atoms with Crippen molar-refractivity contribution >= 4 is 0 Å². The summed E-state index contributed by atoms with van der Waals surface area (Å²) in [6, 6.07) is 26.4. The Kier molecular flexibility index (Phi) is 7.46. The second kappa shape index (κ2) is 11.2. The lowest BCUT2D eigenvalue weighted by Crippen LogP contribution is -2.53. The van der Waals surface area contributed by atoms with Crippen LogP contribution in [-0.2, 0) is 19.8 Å². The van der Waals surface area contributed by atoms with Crippen molar-refractivity contribution in [3.05, 3.63) is 129 Å². The minimum Gasteiger partial charge on any atom is -0.497 e. The number of aliphatic hydroxyl groups is 1. The SMILES string of the molecule is COc1ccc(C(OCC23CCOC(C(n4ccc(=O)[nH]c4=O)O2)C3O)(c2ccccc2)c2ccc(OC)cc2)cc1. The Bertz CT molecular complexity index is 1590. The molecule has 0 aliphatic carbocycles. The molecule has 2 N–H and O–H groups in total. The molecule has 4 atom stereocenters. The van der Waals surface area contributed by atoms with Crippen LogP contribution >= 0.6 is 0 Å². The predicted octanol–water partition coefficient (Wildman–Crippen LogP) is 2.98. The van der Waals surface area contributed by atoms with Crippen molar-refractivity contribution in [2.75, 3.05) is 27.4 Å². The predicted molar refractivity (Wildman–Crippen MR) is 153 cm³/mol. The Morgan fingerprint density at radius 1 is 0.905 bits per heavy atom. The number of ether oxygens (including phenoxy) is 5. The van der Waals surface area contributed by atoms with Gasteiger partial charge in [-0.2, -0.15) is 0 Å². The molecule has 218 valence electrons. The van der Waals surface area contributed by atoms with Crippen molar-refractivity contribution in [2.45, 2.75) is 36.1 Å². The Morgan fingerprint density at radius 3 is 2.07 bits per heavy atom. The molecule has 0 radical (unpaired) electrons. The molecule has 2 aliphatic heterocycles. The highest BCUT2D eigenvalue weighted by molar-refractivity contribution is 5.49. The van der Waals surface area contributed by atoms with Gasteiger partial charge in [0.15, 0.2) is 6.23 Å². The maximum atomic E-state index is 12.6. The average Bonchev–Trinajstić information content (AvgIpc) is 3.16. The molecule has 10 heteroatoms. The maximum absolute atomic E-state index is 12.6. The molecule has 3 heterocycles. The third-order valence-electron chi connectivity index (χ3n) is 8.15. The van der Waals surface area contributed by atoms with Gasteiger partial charge in [0.2, 0.25) is 0 Å². The molecular formula is C32H32N2O8. The molecule has 2 saturated heterocycles. The van der Waals surface area contributed by atoms with Gasteiger partial charge in [0.25, 0.3) is 5.56 Å². The summed E-state index contributed by atoms with van der Waals surface area (Å²) >= 11 is 0. The molecule has 10 nitrogen and oxygen atoms in total. The second-order valence-corrected chi connectivity index (χ2v) is 10.4. The highest BCUT2D eigenvalue weighted by Crippen LogP contribution is 2.48. The van der Waals surface area contributed by atoms with Crippen molar-refractivity contribution in [2.24, 2.45) is 0 Å². The molecular weight excluding hydrogens is 540 g/mol. The van der Waals surface area contributed by atoms with Gasteiger partial charge in [-0.25, -0.2) is 4.79 Å². The van der Waals surface area contributed by atoms with E-state index in [0.717, 1.165) is 16.7 Å². The lowest BCUT2D eigenvalue weighted by molar-refractivity contribution is -0.173. The molecule has 0 saturated carbocycles. The number of hydrogen-bond donors (Lipinski definition) is 2. The normalized spacial score (nSPS) is 23.5. The summed E-state index contributed by atoms with van der Waals surface area (Å²) in [5, 5.41) is 11.5. The summed E-state index contributed by atoms with van der Waals surface area (Å²) < 4.78 is 31.5. The highest BCUT2D eigenvalue weighted by atomic mass is 16.6. The third-order valence-corrected chi connectivity index (χ3v) is 8.15. The molecule has 6 rings (SSSR count). The molecule has 4 aromatic rings. The van der Waals surface area contributed by atoms with Crippen LogP contribution in [0.5, 0.6) is 11.5 Å². The van der Waals surface area contributed by atoms with Crippen molar-refractivity contribution < 1.29 is 28.8 Å². The standard InChI is InChI=1S/C32H32N2O8/c1-38-24-12-8-22(9-13-24)32(21-6-4-3-5-7-21,23-10-14-25(39-2)15-11-23)41-20-31-17-19-40-27(28(31)36)29(42-31)34-18-16-26(35)33-30(34)37/h3-16,18,27-29,36H,17,19-20H2,1-2H3,(H,33,35,37). The maximum Gasteiger partial charge on any atom is 0.330 e. The summed E-state index contributed by atoms with van der Waals surface area (Å²) in [7, 11) is 3.23. The van der Waals surface area contributed by atoms with E-state index in [1.165, 1.54) is 16.8 Å². The number of nitrogens with zero attached hydrogens (tertiary/aromatic N) is 1. The monoisotopic (exact) mass is 572 g/mol. The van der Waals surface area contributed by atoms with Crippen LogP contribution in [0.15, 0.2) is 101 Å². The van der Waals surface area contributed by atoms with Gasteiger partial charge < -0.3 is 28.8 Å². The van der Waals surface area contributed by atoms with Crippen LogP contribution in [0.3, 0.4) is 0 Å². The van der Waals surface area contributed by atoms with Crippen LogP contribution in [0.25, 0.3) is 0 Å². The zero-order chi connectivity index (χ0) is 29.3. The minimum absolute atomic E-state index is 0.0322. The molecule has 2 bridgehead atoms. The van der Waals surface area contributed by atoms with Crippen LogP contribution in [0.1, 0.15) is 29.3 Å². The van der Waals surface area contributed by atoms with E-state index in [1.807, 2.05) is 78.9 Å². The number of methoxy groups -OCH3 is 2. The van der Waals surface area contributed by atoms with Gasteiger partial charge in [-0.15, -0.1) is 0 Å². The lowest BCUT2D eigenvalue weighted by Gasteiger charge is -2.41. The Hall–Kier alpha value is -4.22. The summed E-state index contributed by atoms with van der Waals surface area (Å²) in [6.07, 6.45) is -1.21. The first-order chi connectivity index (χ1) is 20.4. The Morgan fingerprint density at radius 2 is 1.50 bits per heavy atom. The van der Waals surface area contributed by atoms with Crippen molar-refractivity contribution in [3.8, 4) is 11.5 Å². The molecule has 1 aromatic heterocycles. The van der Waals surface area contributed by atoms with Crippen molar-refractivity contribution in [3.63, 3.8) is 0 Å². The van der Waals surface area contributed by atoms with Crippen molar-refractivity contribution in [1.82, 2.24) is 9.55 Å². The van der Waals surface area contributed by atoms with Crippen LogP contribution in [0.4, 0.5) is 0 Å². The second-order valence-electron chi connectivity index (χ2n) is 10.4. The largest absolute Gasteiger partial charge is 0.497 e. The van der Waals surface area contributed by atoms with Crippen LogP contribution in [0.2, 0.25) is 0 Å². The summed E-state index contributed by atoms with van der Waals surface area (Å²) in [4.78, 5) is 26.6. The number of aromatic nitrogens is 2. The van der Waals surface area contributed by atoms with Gasteiger partial charge >= 0.3 is 5.69 Å². The van der Waals surface area contributed by atoms with Crippen LogP contribution in [-0.4, -0.2) is 59.9 Å². The van der Waals surface area contributed by atoms with E-state index < -0.39 is 40.9 Å². The first kappa shape index (κ1) is 27.9. The molecule has 42 heavy (non-hydrogen) atoms. The number of benzene rings is 3. The summed E-state index contributed by atoms with van der Waals surface area (Å²) in [6.45, 7) is 0.263. The molecule has 2 fully saturated rings. The first-order valence-electron chi connectivity index (χ1n) is 13.7. The molecule has 4 unspecified atom stereocenters. The number of rotatable bonds is 9. The fourth-order valence-electron chi connectivity index (χ4n) is 5.92. The van der Waals surface area contributed by atoms with E-state index in [-0.39, 0.29) is 6.61 Å². The van der Waals surface area contributed by atoms with E-state index in [0.29, 0.717) is 24.5 Å². The van der Waals surface area contributed by atoms with E-state index >= 15 is 0 Å². The number of aliphatic hydroxyl groups excluding tert-OH is 1. The highest BCUT2D eigenvalue weighted by Gasteiger charge is 2.59. The molecule has 2 aliphatic rings. The number of aromatic amines is 1. The zero-order valence-electron chi connectivity index (χ0n) is 23.3. The van der Waals surface area contributed by atoms with Gasteiger partial charge in [-0.05, 0) is 41.0 Å². The Labute approximate surface area is 242 Å². The van der Waals surface area contributed by atoms with E-state index in [4.69, 9.17) is 23.7 Å². The fourth-order valence-corrected chi connectivity index (χ4v) is 5.92. The third kappa shape index (κ3) is 4.72. The van der Waals surface area contributed by atoms with E-state index in [1.54, 1.807) is 14.2 Å². The molecule has 3 aromatic carbocycles. The lowest BCUT2D eigenvalue weighted by atomic mass is 9.79. The van der Waals surface area contributed by atoms with Gasteiger partial charge in [0.05, 0.1) is 27.4 Å². The molecule has 0 amide bonds. The van der Waals surface area contributed by atoms with Gasteiger partial charge in [0, 0.05) is 18.7 Å². The van der Waals surface area contributed by atoms with Crippen LogP contribution < -0.4 is 20.7 Å². The fraction of sp³-hybridized carbons (Fsp3) is 0.312. The smallest absolute Gasteiger partial charge is 0.330 e. The van der Waals surface area contributed by atoms with E-state index in [9.17, 15) is 14.7 Å². The summed E-state index contributed by atoms with van der Waals surface area (Å²) in [5.41, 5.74) is -0.965. The van der Waals surface area contributed by atoms with Gasteiger partial charge in [-0.3, -0.25) is 14.3 Å². The quantitative estimate of drug-likeness (QED) is 0.294. The number of hydrogen-bond acceptors (Lipinski definition) is 8. The average molecular weight is 573 g/mol. The minimum atomic E-state index is -1.19. The molecule has 0 spiro atoms. The number of H-pyrrole nitrogens is 1. The first-order valence-corrected chi connectivity index (χ1v) is 13.7. The van der Waals surface area contributed by atoms with Crippen molar-refractivity contribution in [1.29, 1.82) is 0 Å². The van der Waals surface area contributed by atoms with Gasteiger partial charge in [-0.1, -0.05) is 54.6 Å². The summed E-state index contributed by atoms with van der Waals surface area (Å²) in [5.74, 6) is 1.40. The topological polar surface area (TPSA) is 121 Å². The van der Waals surface area contributed by atoms with E-state index in [2.05, 4.69) is 4.98 Å². The number of fused-ring (bicyclic) bond motifs is 2. The zero-order valence-corrected chi connectivity index (χ0v) is 23.3.